The second kappa shape index (κ2) is 10.2. The summed E-state index contributed by atoms with van der Waals surface area (Å²) in [6.07, 6.45) is 3.59. The van der Waals surface area contributed by atoms with Crippen molar-refractivity contribution in [3.05, 3.63) is 29.0 Å². The first-order chi connectivity index (χ1) is 16.7. The number of piperazine rings is 1. The molecule has 0 aliphatic carbocycles. The largest absolute Gasteiger partial charge is 0.493 e. The first kappa shape index (κ1) is 24.8. The van der Waals surface area contributed by atoms with Crippen molar-refractivity contribution in [2.24, 2.45) is 0 Å². The highest BCUT2D eigenvalue weighted by molar-refractivity contribution is 6.31. The van der Waals surface area contributed by atoms with E-state index >= 15 is 0 Å². The second-order valence-corrected chi connectivity index (χ2v) is 9.34. The molecule has 0 unspecified atom stereocenters. The molecule has 0 radical (unpaired) electrons. The van der Waals surface area contributed by atoms with Crippen LogP contribution in [0, 0.1) is 0 Å². The zero-order valence-electron chi connectivity index (χ0n) is 20.7. The Balaban J connectivity index is 1.69. The van der Waals surface area contributed by atoms with Crippen LogP contribution in [-0.4, -0.2) is 68.2 Å². The molecule has 4 rings (SSSR count). The Morgan fingerprint density at radius 2 is 1.94 bits per heavy atom. The summed E-state index contributed by atoms with van der Waals surface area (Å²) in [4.78, 5) is 29.5. The van der Waals surface area contributed by atoms with Crippen LogP contribution in [0.4, 0.5) is 11.8 Å². The van der Waals surface area contributed by atoms with E-state index in [0.29, 0.717) is 61.0 Å². The first-order valence-corrected chi connectivity index (χ1v) is 12.2. The molecule has 1 amide bonds. The van der Waals surface area contributed by atoms with E-state index in [0.717, 1.165) is 10.9 Å². The second-order valence-electron chi connectivity index (χ2n) is 8.94. The van der Waals surface area contributed by atoms with Crippen molar-refractivity contribution in [3.8, 4) is 11.8 Å². The lowest BCUT2D eigenvalue weighted by Gasteiger charge is -2.34. The number of pyridine rings is 1. The van der Waals surface area contributed by atoms with E-state index in [-0.39, 0.29) is 23.9 Å². The van der Waals surface area contributed by atoms with Crippen molar-refractivity contribution in [1.29, 1.82) is 0 Å². The van der Waals surface area contributed by atoms with Crippen LogP contribution in [0.3, 0.4) is 0 Å². The number of aromatic hydroxyl groups is 1. The summed E-state index contributed by atoms with van der Waals surface area (Å²) < 4.78 is 7.23. The number of hydrogen-bond donors (Lipinski definition) is 2. The third kappa shape index (κ3) is 5.07. The van der Waals surface area contributed by atoms with Gasteiger partial charge < -0.3 is 29.5 Å². The third-order valence-electron chi connectivity index (χ3n) is 6.19. The molecule has 1 aliphatic rings. The molecule has 1 atom stereocenters. The predicted molar refractivity (Wildman–Crippen MR) is 136 cm³/mol. The Bertz CT molecular complexity index is 1220. The van der Waals surface area contributed by atoms with E-state index in [4.69, 9.17) is 26.3 Å². The number of carbonyl (C=O) groups excluding carboxylic acids is 1. The average molecular weight is 502 g/mol. The summed E-state index contributed by atoms with van der Waals surface area (Å²) in [7, 11) is 0. The minimum Gasteiger partial charge on any atom is -0.493 e. The summed E-state index contributed by atoms with van der Waals surface area (Å²) in [5.74, 6) is 1.68. The fraction of sp³-hybridized carbons (Fsp3) is 0.500. The van der Waals surface area contributed by atoms with Crippen molar-refractivity contribution >= 4 is 40.2 Å². The summed E-state index contributed by atoms with van der Waals surface area (Å²) in [6, 6.07) is 1.70. The minimum absolute atomic E-state index is 0.0474. The SMILES string of the molecule is CCOc1ncc([C@@H](C)Nc2nc(N3CCN(C(C)=O)CC3)nc3c(O)n(C(C)C)cc23)cc1Cl. The highest BCUT2D eigenvalue weighted by Gasteiger charge is 2.25. The fourth-order valence-corrected chi connectivity index (χ4v) is 4.38. The van der Waals surface area contributed by atoms with Gasteiger partial charge in [-0.25, -0.2) is 9.97 Å². The molecule has 1 fully saturated rings. The summed E-state index contributed by atoms with van der Waals surface area (Å²) >= 11 is 6.36. The molecule has 1 aliphatic heterocycles. The lowest BCUT2D eigenvalue weighted by molar-refractivity contribution is -0.129. The zero-order chi connectivity index (χ0) is 25.3. The molecule has 4 heterocycles. The van der Waals surface area contributed by atoms with Crippen molar-refractivity contribution in [3.63, 3.8) is 0 Å². The van der Waals surface area contributed by atoms with E-state index in [1.807, 2.05) is 49.8 Å². The Labute approximate surface area is 209 Å². The maximum Gasteiger partial charge on any atom is 0.232 e. The number of nitrogens with one attached hydrogen (secondary N) is 1. The fourth-order valence-electron chi connectivity index (χ4n) is 4.15. The number of anilines is 2. The quantitative estimate of drug-likeness (QED) is 0.500. The lowest BCUT2D eigenvalue weighted by Crippen LogP contribution is -2.48. The molecule has 188 valence electrons. The molecular formula is C24H32ClN7O3. The van der Waals surface area contributed by atoms with Gasteiger partial charge in [-0.3, -0.25) is 4.79 Å². The van der Waals surface area contributed by atoms with Crippen LogP contribution in [0.2, 0.25) is 5.02 Å². The van der Waals surface area contributed by atoms with Crippen molar-refractivity contribution < 1.29 is 14.6 Å². The highest BCUT2D eigenvalue weighted by atomic mass is 35.5. The maximum atomic E-state index is 11.7. The normalized spacial score (nSPS) is 15.1. The van der Waals surface area contributed by atoms with Gasteiger partial charge in [0.05, 0.1) is 18.0 Å². The smallest absolute Gasteiger partial charge is 0.232 e. The monoisotopic (exact) mass is 501 g/mol. The van der Waals surface area contributed by atoms with Gasteiger partial charge in [-0.15, -0.1) is 0 Å². The number of rotatable bonds is 7. The topological polar surface area (TPSA) is 109 Å². The van der Waals surface area contributed by atoms with Crippen LogP contribution in [0.15, 0.2) is 18.5 Å². The van der Waals surface area contributed by atoms with Gasteiger partial charge in [0.25, 0.3) is 0 Å². The Kier molecular flexibility index (Phi) is 7.20. The van der Waals surface area contributed by atoms with Gasteiger partial charge in [0.15, 0.2) is 0 Å². The Morgan fingerprint density at radius 3 is 2.54 bits per heavy atom. The van der Waals surface area contributed by atoms with Crippen molar-refractivity contribution in [2.45, 2.75) is 46.7 Å². The predicted octanol–water partition coefficient (Wildman–Crippen LogP) is 4.01. The van der Waals surface area contributed by atoms with Crippen LogP contribution in [0.25, 0.3) is 10.9 Å². The van der Waals surface area contributed by atoms with Gasteiger partial charge in [-0.1, -0.05) is 11.6 Å². The van der Waals surface area contributed by atoms with E-state index in [1.165, 1.54) is 0 Å². The van der Waals surface area contributed by atoms with Crippen molar-refractivity contribution in [2.75, 3.05) is 43.0 Å². The molecule has 35 heavy (non-hydrogen) atoms. The molecule has 3 aromatic rings. The number of ether oxygens (including phenoxy) is 1. The molecule has 0 aromatic carbocycles. The van der Waals surface area contributed by atoms with Gasteiger partial charge in [-0.2, -0.15) is 4.98 Å². The van der Waals surface area contributed by atoms with Crippen molar-refractivity contribution in [1.82, 2.24) is 24.4 Å². The molecule has 11 heteroatoms. The average Bonchev–Trinajstić information content (AvgIpc) is 3.17. The molecular weight excluding hydrogens is 470 g/mol. The summed E-state index contributed by atoms with van der Waals surface area (Å²) in [5.41, 5.74) is 1.35. The van der Waals surface area contributed by atoms with Crippen LogP contribution in [0.5, 0.6) is 11.8 Å². The number of fused-ring (bicyclic) bond motifs is 1. The molecule has 3 aromatic heterocycles. The van der Waals surface area contributed by atoms with Gasteiger partial charge in [0.1, 0.15) is 16.4 Å². The standard InChI is InChI=1S/C24H32ClN7O3/c1-6-35-22-19(25)11-17(12-26-22)15(4)27-21-18-13-32(14(2)3)23(34)20(18)28-24(29-21)31-9-7-30(8-10-31)16(5)33/h11-15,34H,6-10H2,1-5H3,(H,27,28,29)/t15-/m1/s1. The molecule has 2 N–H and O–H groups in total. The third-order valence-corrected chi connectivity index (χ3v) is 6.46. The van der Waals surface area contributed by atoms with Gasteiger partial charge >= 0.3 is 0 Å². The van der Waals surface area contributed by atoms with Gasteiger partial charge in [0.2, 0.25) is 23.6 Å². The summed E-state index contributed by atoms with van der Waals surface area (Å²) in [5, 5.41) is 15.5. The van der Waals surface area contributed by atoms with Crippen LogP contribution < -0.4 is 15.0 Å². The highest BCUT2D eigenvalue weighted by Crippen LogP contribution is 2.36. The number of halogens is 1. The molecule has 0 bridgehead atoms. The van der Waals surface area contributed by atoms with E-state index < -0.39 is 0 Å². The maximum absolute atomic E-state index is 11.7. The Morgan fingerprint density at radius 1 is 1.23 bits per heavy atom. The molecule has 0 spiro atoms. The lowest BCUT2D eigenvalue weighted by atomic mass is 10.1. The van der Waals surface area contributed by atoms with E-state index in [2.05, 4.69) is 10.3 Å². The number of amides is 1. The van der Waals surface area contributed by atoms with E-state index in [1.54, 1.807) is 17.7 Å². The minimum atomic E-state index is -0.180. The number of nitrogens with zero attached hydrogens (tertiary/aromatic N) is 6. The number of aromatic nitrogens is 4. The molecule has 0 saturated carbocycles. The number of hydrogen-bond acceptors (Lipinski definition) is 8. The summed E-state index contributed by atoms with van der Waals surface area (Å²) in [6.45, 7) is 12.4. The number of carbonyl (C=O) groups is 1. The first-order valence-electron chi connectivity index (χ1n) is 11.9. The zero-order valence-corrected chi connectivity index (χ0v) is 21.5. The van der Waals surface area contributed by atoms with E-state index in [9.17, 15) is 9.90 Å². The molecule has 1 saturated heterocycles. The Hall–Kier alpha value is -3.27. The van der Waals surface area contributed by atoms with Gasteiger partial charge in [-0.05, 0) is 39.3 Å². The molecule has 10 nitrogen and oxygen atoms in total. The van der Waals surface area contributed by atoms with Crippen LogP contribution in [-0.2, 0) is 4.79 Å². The van der Waals surface area contributed by atoms with Gasteiger partial charge in [0, 0.05) is 51.5 Å². The van der Waals surface area contributed by atoms with Crippen LogP contribution in [0.1, 0.15) is 52.3 Å². The van der Waals surface area contributed by atoms with Crippen LogP contribution >= 0.6 is 11.6 Å².